The number of benzene rings is 2. The number of halogens is 1. The minimum Gasteiger partial charge on any atom is -0.507 e. The minimum absolute atomic E-state index is 0.106. The summed E-state index contributed by atoms with van der Waals surface area (Å²) in [5.41, 5.74) is 0.488. The molecule has 6 heteroatoms. The molecule has 2 heterocycles. The van der Waals surface area contributed by atoms with Crippen molar-refractivity contribution in [1.82, 2.24) is 0 Å². The highest BCUT2D eigenvalue weighted by atomic mass is 19.1. The van der Waals surface area contributed by atoms with Crippen LogP contribution in [-0.4, -0.2) is 16.8 Å². The van der Waals surface area contributed by atoms with E-state index in [0.29, 0.717) is 5.56 Å². The first-order valence-corrected chi connectivity index (χ1v) is 8.23. The first-order valence-electron chi connectivity index (χ1n) is 8.23. The number of rotatable bonds is 3. The predicted molar refractivity (Wildman–Crippen MR) is 96.3 cm³/mol. The van der Waals surface area contributed by atoms with Gasteiger partial charge in [0, 0.05) is 11.3 Å². The minimum atomic E-state index is -0.998. The fraction of sp³-hybridized carbons (Fsp3) is 0.0476. The lowest BCUT2D eigenvalue weighted by Crippen LogP contribution is -2.29. The maximum atomic E-state index is 13.7. The Balaban J connectivity index is 1.94. The molecule has 1 aliphatic heterocycles. The zero-order valence-corrected chi connectivity index (χ0v) is 14.0. The molecule has 0 bridgehead atoms. The average molecular weight is 363 g/mol. The van der Waals surface area contributed by atoms with E-state index < -0.39 is 23.5 Å². The van der Waals surface area contributed by atoms with E-state index in [9.17, 15) is 19.1 Å². The molecule has 5 nitrogen and oxygen atoms in total. The number of ketones is 1. The predicted octanol–water partition coefficient (Wildman–Crippen LogP) is 4.05. The van der Waals surface area contributed by atoms with Crippen LogP contribution in [0.15, 0.2) is 83.0 Å². The van der Waals surface area contributed by atoms with Gasteiger partial charge in [0.2, 0.25) is 0 Å². The Morgan fingerprint density at radius 3 is 2.44 bits per heavy atom. The van der Waals surface area contributed by atoms with Crippen LogP contribution in [0.5, 0.6) is 0 Å². The van der Waals surface area contributed by atoms with E-state index in [4.69, 9.17) is 4.42 Å². The molecular formula is C21H14FNO4. The van der Waals surface area contributed by atoms with E-state index in [0.717, 1.165) is 11.0 Å². The molecule has 1 aromatic heterocycles. The number of nitrogens with zero attached hydrogens (tertiary/aromatic N) is 1. The van der Waals surface area contributed by atoms with Gasteiger partial charge in [-0.05, 0) is 30.3 Å². The first-order chi connectivity index (χ1) is 13.1. The van der Waals surface area contributed by atoms with Crippen LogP contribution in [0.3, 0.4) is 0 Å². The largest absolute Gasteiger partial charge is 0.507 e. The molecule has 0 radical (unpaired) electrons. The molecule has 27 heavy (non-hydrogen) atoms. The highest BCUT2D eigenvalue weighted by Gasteiger charge is 2.48. The third kappa shape index (κ3) is 2.81. The van der Waals surface area contributed by atoms with Gasteiger partial charge in [-0.2, -0.15) is 0 Å². The van der Waals surface area contributed by atoms with Gasteiger partial charge in [0.25, 0.3) is 11.7 Å². The maximum absolute atomic E-state index is 13.7. The Hall–Kier alpha value is -3.67. The number of Topliss-reactive ketones (excluding diaryl/α,β-unsaturated/α-hetero) is 1. The lowest BCUT2D eigenvalue weighted by molar-refractivity contribution is -0.132. The number of hydrogen-bond acceptors (Lipinski definition) is 4. The molecule has 1 saturated heterocycles. The monoisotopic (exact) mass is 363 g/mol. The van der Waals surface area contributed by atoms with Crippen molar-refractivity contribution >= 4 is 23.1 Å². The third-order valence-corrected chi connectivity index (χ3v) is 4.39. The van der Waals surface area contributed by atoms with Crippen molar-refractivity contribution < 1.29 is 23.5 Å². The van der Waals surface area contributed by atoms with Crippen LogP contribution in [0.25, 0.3) is 5.76 Å². The second-order valence-corrected chi connectivity index (χ2v) is 6.03. The molecule has 1 atom stereocenters. The van der Waals surface area contributed by atoms with Crippen molar-refractivity contribution in [1.29, 1.82) is 0 Å². The van der Waals surface area contributed by atoms with Crippen LogP contribution >= 0.6 is 0 Å². The highest BCUT2D eigenvalue weighted by Crippen LogP contribution is 2.42. The van der Waals surface area contributed by atoms with Gasteiger partial charge in [-0.25, -0.2) is 4.39 Å². The van der Waals surface area contributed by atoms with Crippen molar-refractivity contribution in [2.45, 2.75) is 6.04 Å². The summed E-state index contributed by atoms with van der Waals surface area (Å²) in [6.07, 6.45) is 1.41. The van der Waals surface area contributed by atoms with Crippen LogP contribution < -0.4 is 4.90 Å². The Labute approximate surface area is 154 Å². The average Bonchev–Trinajstić information content (AvgIpc) is 3.29. The number of aliphatic hydroxyl groups is 1. The number of aliphatic hydroxyl groups excluding tert-OH is 1. The second-order valence-electron chi connectivity index (χ2n) is 6.03. The van der Waals surface area contributed by atoms with Crippen molar-refractivity contribution in [2.24, 2.45) is 0 Å². The van der Waals surface area contributed by atoms with Crippen LogP contribution in [-0.2, 0) is 9.59 Å². The number of hydrogen-bond donors (Lipinski definition) is 1. The van der Waals surface area contributed by atoms with E-state index in [-0.39, 0.29) is 22.8 Å². The third-order valence-electron chi connectivity index (χ3n) is 4.39. The highest BCUT2D eigenvalue weighted by molar-refractivity contribution is 6.51. The Kier molecular flexibility index (Phi) is 4.08. The second kappa shape index (κ2) is 6.57. The van der Waals surface area contributed by atoms with Crippen LogP contribution in [0.2, 0.25) is 0 Å². The Morgan fingerprint density at radius 1 is 1.00 bits per heavy atom. The Bertz CT molecular complexity index is 1040. The molecule has 3 aromatic rings. The summed E-state index contributed by atoms with van der Waals surface area (Å²) in [5, 5.41) is 10.8. The van der Waals surface area contributed by atoms with E-state index in [2.05, 4.69) is 0 Å². The van der Waals surface area contributed by atoms with E-state index in [1.807, 2.05) is 0 Å². The smallest absolute Gasteiger partial charge is 0.300 e. The molecule has 0 aliphatic carbocycles. The summed E-state index contributed by atoms with van der Waals surface area (Å²) in [6.45, 7) is 0. The molecule has 0 spiro atoms. The zero-order valence-electron chi connectivity index (χ0n) is 14.0. The van der Waals surface area contributed by atoms with Crippen molar-refractivity contribution in [3.8, 4) is 0 Å². The molecule has 4 rings (SSSR count). The number of anilines is 1. The van der Waals surface area contributed by atoms with Crippen molar-refractivity contribution in [2.75, 3.05) is 4.90 Å². The molecule has 1 aliphatic rings. The first kappa shape index (κ1) is 16.8. The van der Waals surface area contributed by atoms with E-state index in [1.165, 1.54) is 24.5 Å². The van der Waals surface area contributed by atoms with Crippen molar-refractivity contribution in [3.05, 3.63) is 95.7 Å². The lowest BCUT2D eigenvalue weighted by Gasteiger charge is -2.23. The fourth-order valence-electron chi connectivity index (χ4n) is 3.19. The lowest BCUT2D eigenvalue weighted by atomic mass is 9.99. The van der Waals surface area contributed by atoms with E-state index in [1.54, 1.807) is 42.5 Å². The molecular weight excluding hydrogens is 349 g/mol. The molecule has 1 fully saturated rings. The van der Waals surface area contributed by atoms with Gasteiger partial charge < -0.3 is 9.52 Å². The van der Waals surface area contributed by atoms with Gasteiger partial charge in [-0.15, -0.1) is 0 Å². The summed E-state index contributed by atoms with van der Waals surface area (Å²) < 4.78 is 19.2. The van der Waals surface area contributed by atoms with Gasteiger partial charge in [0.1, 0.15) is 23.4 Å². The summed E-state index contributed by atoms with van der Waals surface area (Å²) in [5.74, 6) is -2.29. The zero-order chi connectivity index (χ0) is 19.0. The van der Waals surface area contributed by atoms with Crippen LogP contribution in [0, 0.1) is 5.82 Å². The standard InChI is InChI=1S/C21H14FNO4/c22-14-8-4-9-15(12-14)23-18(16-10-5-11-27-16)17(20(25)21(23)26)19(24)13-6-2-1-3-7-13/h1-12,18,24H/b19-17-. The van der Waals surface area contributed by atoms with E-state index >= 15 is 0 Å². The summed E-state index contributed by atoms with van der Waals surface area (Å²) >= 11 is 0. The number of amides is 1. The SMILES string of the molecule is O=C1C(=O)N(c2cccc(F)c2)C(c2ccco2)/C1=C(/O)c1ccccc1. The van der Waals surface area contributed by atoms with Crippen molar-refractivity contribution in [3.63, 3.8) is 0 Å². The van der Waals surface area contributed by atoms with Gasteiger partial charge in [0.15, 0.2) is 0 Å². The van der Waals surface area contributed by atoms with Crippen LogP contribution in [0.4, 0.5) is 10.1 Å². The number of carbonyl (C=O) groups excluding carboxylic acids is 2. The summed E-state index contributed by atoms with van der Waals surface area (Å²) in [4.78, 5) is 26.6. The molecule has 2 aromatic carbocycles. The van der Waals surface area contributed by atoms with Gasteiger partial charge in [-0.1, -0.05) is 36.4 Å². The fourth-order valence-corrected chi connectivity index (χ4v) is 3.19. The van der Waals surface area contributed by atoms with Crippen LogP contribution in [0.1, 0.15) is 17.4 Å². The summed E-state index contributed by atoms with van der Waals surface area (Å²) in [6, 6.07) is 16.0. The number of furan rings is 1. The molecule has 1 N–H and O–H groups in total. The molecule has 1 unspecified atom stereocenters. The number of carbonyl (C=O) groups is 2. The normalized spacial score (nSPS) is 18.9. The quantitative estimate of drug-likeness (QED) is 0.433. The maximum Gasteiger partial charge on any atom is 0.300 e. The molecule has 1 amide bonds. The van der Waals surface area contributed by atoms with Gasteiger partial charge in [0.05, 0.1) is 11.8 Å². The Morgan fingerprint density at radius 2 is 1.78 bits per heavy atom. The van der Waals surface area contributed by atoms with Gasteiger partial charge in [-0.3, -0.25) is 14.5 Å². The molecule has 0 saturated carbocycles. The molecule has 134 valence electrons. The summed E-state index contributed by atoms with van der Waals surface area (Å²) in [7, 11) is 0. The topological polar surface area (TPSA) is 70.8 Å². The van der Waals surface area contributed by atoms with Gasteiger partial charge >= 0.3 is 0 Å².